The van der Waals surface area contributed by atoms with E-state index in [2.05, 4.69) is 24.9 Å². The number of nitrogens with zero attached hydrogens (tertiary/aromatic N) is 2. The van der Waals surface area contributed by atoms with E-state index in [1.807, 2.05) is 24.3 Å². The lowest BCUT2D eigenvalue weighted by Crippen LogP contribution is -2.02. The number of nitrogen functional groups attached to an aromatic ring is 2. The van der Waals surface area contributed by atoms with Gasteiger partial charge in [-0.25, -0.2) is 4.98 Å². The standard InChI is InChI=1S/C24H19ClN4OS/c1-12(2)13-3-5-14(6-4-13)18-17(11-26)23(28)29-24-19(18)20(27)22(31-24)21(30)15-7-9-16(25)10-8-15/h3-10,12H,27H2,1-2H3,(H2,28,29). The molecule has 5 nitrogen and oxygen atoms in total. The molecule has 4 N–H and O–H groups in total. The lowest BCUT2D eigenvalue weighted by atomic mass is 9.94. The van der Waals surface area contributed by atoms with Gasteiger partial charge in [0.15, 0.2) is 0 Å². The number of halogens is 1. The number of benzene rings is 2. The SMILES string of the molecule is CC(C)c1ccc(-c2c(C#N)c(N)nc3sc(C(=O)c4ccc(Cl)cc4)c(N)c23)cc1. The van der Waals surface area contributed by atoms with Crippen LogP contribution in [-0.4, -0.2) is 10.8 Å². The van der Waals surface area contributed by atoms with Crippen LogP contribution in [0.15, 0.2) is 48.5 Å². The quantitative estimate of drug-likeness (QED) is 0.373. The van der Waals surface area contributed by atoms with Crippen molar-refractivity contribution in [2.24, 2.45) is 0 Å². The van der Waals surface area contributed by atoms with E-state index in [1.54, 1.807) is 24.3 Å². The summed E-state index contributed by atoms with van der Waals surface area (Å²) in [5.74, 6) is 0.266. The van der Waals surface area contributed by atoms with Gasteiger partial charge in [-0.2, -0.15) is 5.26 Å². The summed E-state index contributed by atoms with van der Waals surface area (Å²) in [7, 11) is 0. The number of aromatic nitrogens is 1. The molecule has 4 aromatic rings. The van der Waals surface area contributed by atoms with Gasteiger partial charge in [0.25, 0.3) is 0 Å². The zero-order valence-electron chi connectivity index (χ0n) is 16.9. The lowest BCUT2D eigenvalue weighted by Gasteiger charge is -2.11. The monoisotopic (exact) mass is 446 g/mol. The van der Waals surface area contributed by atoms with E-state index in [1.165, 1.54) is 16.9 Å². The summed E-state index contributed by atoms with van der Waals surface area (Å²) in [6, 6.07) is 16.7. The smallest absolute Gasteiger partial charge is 0.205 e. The summed E-state index contributed by atoms with van der Waals surface area (Å²) in [5, 5.41) is 10.9. The molecule has 2 aromatic heterocycles. The van der Waals surface area contributed by atoms with Crippen LogP contribution in [0.5, 0.6) is 0 Å². The summed E-state index contributed by atoms with van der Waals surface area (Å²) in [6.45, 7) is 4.23. The molecule has 0 saturated carbocycles. The predicted molar refractivity (Wildman–Crippen MR) is 128 cm³/mol. The van der Waals surface area contributed by atoms with Gasteiger partial charge in [0.2, 0.25) is 5.78 Å². The fraction of sp³-hybridized carbons (Fsp3) is 0.125. The minimum Gasteiger partial charge on any atom is -0.397 e. The van der Waals surface area contributed by atoms with Gasteiger partial charge in [-0.3, -0.25) is 4.79 Å². The number of carbonyl (C=O) groups is 1. The molecule has 31 heavy (non-hydrogen) atoms. The minimum atomic E-state index is -0.227. The van der Waals surface area contributed by atoms with E-state index in [0.717, 1.165) is 5.56 Å². The van der Waals surface area contributed by atoms with Crippen LogP contribution < -0.4 is 11.5 Å². The van der Waals surface area contributed by atoms with E-state index in [0.29, 0.717) is 42.8 Å². The van der Waals surface area contributed by atoms with Crippen molar-refractivity contribution >= 4 is 50.4 Å². The number of nitriles is 1. The van der Waals surface area contributed by atoms with Crippen LogP contribution in [0, 0.1) is 11.3 Å². The van der Waals surface area contributed by atoms with Crippen molar-refractivity contribution < 1.29 is 4.79 Å². The van der Waals surface area contributed by atoms with Crippen LogP contribution in [0.25, 0.3) is 21.3 Å². The summed E-state index contributed by atoms with van der Waals surface area (Å²) in [6.07, 6.45) is 0. The van der Waals surface area contributed by atoms with Crippen LogP contribution >= 0.6 is 22.9 Å². The number of hydrogen-bond acceptors (Lipinski definition) is 6. The molecule has 7 heteroatoms. The van der Waals surface area contributed by atoms with E-state index in [9.17, 15) is 10.1 Å². The Morgan fingerprint density at radius 2 is 1.74 bits per heavy atom. The molecule has 0 aliphatic heterocycles. The summed E-state index contributed by atoms with van der Waals surface area (Å²) < 4.78 is 0. The maximum absolute atomic E-state index is 13.1. The Kier molecular flexibility index (Phi) is 5.40. The molecule has 0 aliphatic rings. The third kappa shape index (κ3) is 3.63. The molecule has 0 spiro atoms. The molecule has 0 saturated heterocycles. The van der Waals surface area contributed by atoms with E-state index < -0.39 is 0 Å². The molecule has 0 amide bonds. The van der Waals surface area contributed by atoms with Gasteiger partial charge in [0.1, 0.15) is 27.2 Å². The van der Waals surface area contributed by atoms with Crippen molar-refractivity contribution in [2.45, 2.75) is 19.8 Å². The highest BCUT2D eigenvalue weighted by Crippen LogP contribution is 2.43. The molecular weight excluding hydrogens is 428 g/mol. The first kappa shape index (κ1) is 20.9. The average molecular weight is 447 g/mol. The topological polar surface area (TPSA) is 106 Å². The fourth-order valence-electron chi connectivity index (χ4n) is 3.51. The zero-order valence-corrected chi connectivity index (χ0v) is 18.5. The Bertz CT molecular complexity index is 1350. The molecule has 154 valence electrons. The van der Waals surface area contributed by atoms with Crippen molar-refractivity contribution in [1.29, 1.82) is 5.26 Å². The third-order valence-electron chi connectivity index (χ3n) is 5.20. The van der Waals surface area contributed by atoms with Crippen molar-refractivity contribution in [3.05, 3.63) is 75.1 Å². The highest BCUT2D eigenvalue weighted by atomic mass is 35.5. The molecular formula is C24H19ClN4OS. The molecule has 0 unspecified atom stereocenters. The van der Waals surface area contributed by atoms with Gasteiger partial charge in [-0.15, -0.1) is 11.3 Å². The van der Waals surface area contributed by atoms with Crippen LogP contribution in [0.2, 0.25) is 5.02 Å². The fourth-order valence-corrected chi connectivity index (χ4v) is 4.71. The predicted octanol–water partition coefficient (Wildman–Crippen LogP) is 6.01. The molecule has 0 atom stereocenters. The van der Waals surface area contributed by atoms with Gasteiger partial charge in [-0.1, -0.05) is 49.7 Å². The first-order valence-corrected chi connectivity index (χ1v) is 10.8. The second-order valence-corrected chi connectivity index (χ2v) is 8.93. The third-order valence-corrected chi connectivity index (χ3v) is 6.55. The van der Waals surface area contributed by atoms with Gasteiger partial charge >= 0.3 is 0 Å². The minimum absolute atomic E-state index is 0.115. The Balaban J connectivity index is 1.96. The van der Waals surface area contributed by atoms with Crippen molar-refractivity contribution in [2.75, 3.05) is 11.5 Å². The molecule has 0 aliphatic carbocycles. The van der Waals surface area contributed by atoms with Crippen LogP contribution in [0.3, 0.4) is 0 Å². The number of hydrogen-bond donors (Lipinski definition) is 2. The zero-order chi connectivity index (χ0) is 22.3. The molecule has 0 fully saturated rings. The first-order chi connectivity index (χ1) is 14.8. The molecule has 2 heterocycles. The highest BCUT2D eigenvalue weighted by Gasteiger charge is 2.25. The van der Waals surface area contributed by atoms with Crippen molar-refractivity contribution in [3.8, 4) is 17.2 Å². The van der Waals surface area contributed by atoms with E-state index in [-0.39, 0.29) is 17.2 Å². The average Bonchev–Trinajstić information content (AvgIpc) is 3.08. The van der Waals surface area contributed by atoms with E-state index >= 15 is 0 Å². The number of thiophene rings is 1. The van der Waals surface area contributed by atoms with E-state index in [4.69, 9.17) is 23.1 Å². The molecule has 0 radical (unpaired) electrons. The Hall–Kier alpha value is -3.40. The van der Waals surface area contributed by atoms with Gasteiger partial charge in [0.05, 0.1) is 5.69 Å². The molecule has 4 rings (SSSR count). The lowest BCUT2D eigenvalue weighted by molar-refractivity contribution is 0.104. The van der Waals surface area contributed by atoms with Crippen LogP contribution in [-0.2, 0) is 0 Å². The Morgan fingerprint density at radius 1 is 1.10 bits per heavy atom. The number of ketones is 1. The number of nitrogens with two attached hydrogens (primary N) is 2. The van der Waals surface area contributed by atoms with Gasteiger partial charge in [-0.05, 0) is 41.3 Å². The second-order valence-electron chi connectivity index (χ2n) is 7.50. The number of rotatable bonds is 4. The number of fused-ring (bicyclic) bond motifs is 1. The number of pyridine rings is 1. The normalized spacial score (nSPS) is 11.1. The van der Waals surface area contributed by atoms with Crippen molar-refractivity contribution in [3.63, 3.8) is 0 Å². The number of anilines is 2. The van der Waals surface area contributed by atoms with Gasteiger partial charge in [0, 0.05) is 21.5 Å². The summed E-state index contributed by atoms with van der Waals surface area (Å²) in [4.78, 5) is 18.4. The summed E-state index contributed by atoms with van der Waals surface area (Å²) in [5.41, 5.74) is 16.2. The van der Waals surface area contributed by atoms with Crippen LogP contribution in [0.1, 0.15) is 46.1 Å². The second kappa shape index (κ2) is 8.03. The molecule has 2 aromatic carbocycles. The summed E-state index contributed by atoms with van der Waals surface area (Å²) >= 11 is 7.11. The highest BCUT2D eigenvalue weighted by molar-refractivity contribution is 7.21. The molecule has 0 bridgehead atoms. The maximum atomic E-state index is 13.1. The Labute approximate surface area is 188 Å². The van der Waals surface area contributed by atoms with Crippen LogP contribution in [0.4, 0.5) is 11.5 Å². The largest absolute Gasteiger partial charge is 0.397 e. The number of carbonyl (C=O) groups excluding carboxylic acids is 1. The maximum Gasteiger partial charge on any atom is 0.205 e. The Morgan fingerprint density at radius 3 is 2.32 bits per heavy atom. The first-order valence-electron chi connectivity index (χ1n) is 9.64. The van der Waals surface area contributed by atoms with Gasteiger partial charge < -0.3 is 11.5 Å². The van der Waals surface area contributed by atoms with Crippen molar-refractivity contribution in [1.82, 2.24) is 4.98 Å².